The fraction of sp³-hybridized carbons (Fsp3) is 0.158. The molecule has 3 aromatic rings. The number of rotatable bonds is 3. The number of halogens is 3. The second-order valence-electron chi connectivity index (χ2n) is 6.05. The van der Waals surface area contributed by atoms with Crippen LogP contribution in [0.2, 0.25) is 0 Å². The summed E-state index contributed by atoms with van der Waals surface area (Å²) in [5.74, 6) is -1.11. The number of carbonyl (C=O) groups excluding carboxylic acids is 1. The largest absolute Gasteiger partial charge is 0.451 e. The molecule has 1 amide bonds. The van der Waals surface area contributed by atoms with Crippen LogP contribution in [0, 0.1) is 0 Å². The number of nitrogens with one attached hydrogen (secondary N) is 1. The van der Waals surface area contributed by atoms with Gasteiger partial charge in [0.05, 0.1) is 22.3 Å². The number of benzene rings is 2. The summed E-state index contributed by atoms with van der Waals surface area (Å²) < 4.78 is 44.4. The molecular formula is C19H15F3N2O3. The van der Waals surface area contributed by atoms with Gasteiger partial charge in [0.2, 0.25) is 0 Å². The number of fused-ring (bicyclic) bond motifs is 1. The Balaban J connectivity index is 2.01. The van der Waals surface area contributed by atoms with Crippen LogP contribution in [0.3, 0.4) is 0 Å². The molecule has 0 aliphatic carbocycles. The van der Waals surface area contributed by atoms with Crippen molar-refractivity contribution in [1.82, 2.24) is 0 Å². The molecule has 0 aliphatic rings. The van der Waals surface area contributed by atoms with Gasteiger partial charge in [-0.1, -0.05) is 12.1 Å². The van der Waals surface area contributed by atoms with Gasteiger partial charge < -0.3 is 14.6 Å². The lowest BCUT2D eigenvalue weighted by Gasteiger charge is -2.19. The zero-order valence-electron chi connectivity index (χ0n) is 14.4. The molecule has 0 saturated carbocycles. The summed E-state index contributed by atoms with van der Waals surface area (Å²) in [4.78, 5) is 26.2. The Hall–Kier alpha value is -3.29. The van der Waals surface area contributed by atoms with E-state index in [1.807, 2.05) is 0 Å². The number of hydrogen-bond donors (Lipinski definition) is 1. The van der Waals surface area contributed by atoms with Gasteiger partial charge >= 0.3 is 6.18 Å². The Kier molecular flexibility index (Phi) is 4.65. The van der Waals surface area contributed by atoms with Crippen LogP contribution in [0.5, 0.6) is 0 Å². The quantitative estimate of drug-likeness (QED) is 0.747. The number of para-hydroxylation sites is 1. The molecule has 3 rings (SSSR count). The van der Waals surface area contributed by atoms with Gasteiger partial charge in [0.25, 0.3) is 5.91 Å². The predicted molar refractivity (Wildman–Crippen MR) is 96.2 cm³/mol. The smallest absolute Gasteiger partial charge is 0.416 e. The predicted octanol–water partition coefficient (Wildman–Crippen LogP) is 4.13. The number of carbonyl (C=O) groups is 1. The van der Waals surface area contributed by atoms with Gasteiger partial charge in [-0.25, -0.2) is 0 Å². The molecule has 0 radical (unpaired) electrons. The summed E-state index contributed by atoms with van der Waals surface area (Å²) in [6, 6.07) is 10.4. The highest BCUT2D eigenvalue weighted by Gasteiger charge is 2.31. The molecule has 1 heterocycles. The SMILES string of the molecule is CN(C)c1ccc(C(F)(F)F)cc1NC(=O)c1cc(=O)c2ccccc2o1. The first-order valence-electron chi connectivity index (χ1n) is 7.89. The van der Waals surface area contributed by atoms with Crippen LogP contribution in [-0.4, -0.2) is 20.0 Å². The highest BCUT2D eigenvalue weighted by Crippen LogP contribution is 2.35. The summed E-state index contributed by atoms with van der Waals surface area (Å²) in [5.41, 5.74) is -0.774. The Morgan fingerprint density at radius 1 is 1.07 bits per heavy atom. The van der Waals surface area contributed by atoms with Gasteiger partial charge in [-0.15, -0.1) is 0 Å². The minimum absolute atomic E-state index is 0.0457. The van der Waals surface area contributed by atoms with E-state index in [0.29, 0.717) is 11.1 Å². The van der Waals surface area contributed by atoms with Crippen LogP contribution in [0.15, 0.2) is 57.7 Å². The van der Waals surface area contributed by atoms with E-state index in [4.69, 9.17) is 4.42 Å². The first-order chi connectivity index (χ1) is 12.7. The van der Waals surface area contributed by atoms with Gasteiger partial charge in [-0.2, -0.15) is 13.2 Å². The molecule has 0 unspecified atom stereocenters. The third-order valence-corrected chi connectivity index (χ3v) is 3.91. The second kappa shape index (κ2) is 6.79. The summed E-state index contributed by atoms with van der Waals surface area (Å²) in [6.07, 6.45) is -4.56. The maximum absolute atomic E-state index is 13.0. The normalized spacial score (nSPS) is 11.4. The average Bonchev–Trinajstić information content (AvgIpc) is 2.60. The molecule has 0 fully saturated rings. The number of nitrogens with zero attached hydrogens (tertiary/aromatic N) is 1. The van der Waals surface area contributed by atoms with Gasteiger partial charge in [0, 0.05) is 20.2 Å². The fourth-order valence-electron chi connectivity index (χ4n) is 2.60. The molecule has 1 aromatic heterocycles. The van der Waals surface area contributed by atoms with Crippen molar-refractivity contribution in [2.45, 2.75) is 6.18 Å². The number of amides is 1. The monoisotopic (exact) mass is 376 g/mol. The van der Waals surface area contributed by atoms with Gasteiger partial charge in [0.1, 0.15) is 5.58 Å². The molecule has 0 saturated heterocycles. The van der Waals surface area contributed by atoms with Crippen molar-refractivity contribution in [3.63, 3.8) is 0 Å². The molecule has 0 spiro atoms. The molecule has 0 aliphatic heterocycles. The molecule has 0 atom stereocenters. The molecular weight excluding hydrogens is 361 g/mol. The van der Waals surface area contributed by atoms with Crippen molar-refractivity contribution in [3.8, 4) is 0 Å². The lowest BCUT2D eigenvalue weighted by Crippen LogP contribution is -2.19. The molecule has 140 valence electrons. The number of hydrogen-bond acceptors (Lipinski definition) is 4. The molecule has 2 aromatic carbocycles. The van der Waals surface area contributed by atoms with E-state index in [1.165, 1.54) is 12.1 Å². The van der Waals surface area contributed by atoms with Crippen LogP contribution < -0.4 is 15.6 Å². The molecule has 5 nitrogen and oxygen atoms in total. The summed E-state index contributed by atoms with van der Waals surface area (Å²) in [7, 11) is 3.27. The zero-order chi connectivity index (χ0) is 19.8. The minimum atomic E-state index is -4.56. The topological polar surface area (TPSA) is 62.6 Å². The van der Waals surface area contributed by atoms with E-state index in [-0.39, 0.29) is 17.0 Å². The van der Waals surface area contributed by atoms with E-state index < -0.39 is 23.1 Å². The first kappa shape index (κ1) is 18.5. The highest BCUT2D eigenvalue weighted by atomic mass is 19.4. The van der Waals surface area contributed by atoms with E-state index in [9.17, 15) is 22.8 Å². The Morgan fingerprint density at radius 3 is 2.44 bits per heavy atom. The van der Waals surface area contributed by atoms with E-state index in [0.717, 1.165) is 18.2 Å². The van der Waals surface area contributed by atoms with Crippen LogP contribution >= 0.6 is 0 Å². The number of alkyl halides is 3. The average molecular weight is 376 g/mol. The summed E-state index contributed by atoms with van der Waals surface area (Å²) in [5, 5.41) is 2.71. The van der Waals surface area contributed by atoms with Crippen LogP contribution in [0.25, 0.3) is 11.0 Å². The van der Waals surface area contributed by atoms with Crippen LogP contribution in [0.4, 0.5) is 24.5 Å². The summed E-state index contributed by atoms with van der Waals surface area (Å²) >= 11 is 0. The van der Waals surface area contributed by atoms with E-state index in [2.05, 4.69) is 5.32 Å². The molecule has 8 heteroatoms. The van der Waals surface area contributed by atoms with Crippen molar-refractivity contribution in [3.05, 3.63) is 70.1 Å². The third-order valence-electron chi connectivity index (χ3n) is 3.91. The maximum atomic E-state index is 13.0. The van der Waals surface area contributed by atoms with Crippen LogP contribution in [0.1, 0.15) is 16.1 Å². The van der Waals surface area contributed by atoms with Gasteiger partial charge in [0.15, 0.2) is 11.2 Å². The highest BCUT2D eigenvalue weighted by molar-refractivity contribution is 6.04. The molecule has 1 N–H and O–H groups in total. The standard InChI is InChI=1S/C19H15F3N2O3/c1-24(2)14-8-7-11(19(20,21)22)9-13(14)23-18(26)17-10-15(25)12-5-3-4-6-16(12)27-17/h3-10H,1-2H3,(H,23,26). The van der Waals surface area contributed by atoms with Gasteiger partial charge in [-0.3, -0.25) is 9.59 Å². The number of anilines is 2. The third kappa shape index (κ3) is 3.79. The summed E-state index contributed by atoms with van der Waals surface area (Å²) in [6.45, 7) is 0. The Morgan fingerprint density at radius 2 is 1.78 bits per heavy atom. The lowest BCUT2D eigenvalue weighted by molar-refractivity contribution is -0.137. The zero-order valence-corrected chi connectivity index (χ0v) is 14.4. The lowest BCUT2D eigenvalue weighted by atomic mass is 10.1. The second-order valence-corrected chi connectivity index (χ2v) is 6.05. The van der Waals surface area contributed by atoms with Crippen LogP contribution in [-0.2, 0) is 6.18 Å². The van der Waals surface area contributed by atoms with Crippen molar-refractivity contribution in [2.24, 2.45) is 0 Å². The van der Waals surface area contributed by atoms with Crippen molar-refractivity contribution in [2.75, 3.05) is 24.3 Å². The molecule has 0 bridgehead atoms. The fourth-order valence-corrected chi connectivity index (χ4v) is 2.60. The molecule has 27 heavy (non-hydrogen) atoms. The van der Waals surface area contributed by atoms with Gasteiger partial charge in [-0.05, 0) is 30.3 Å². The van der Waals surface area contributed by atoms with Crippen molar-refractivity contribution in [1.29, 1.82) is 0 Å². The maximum Gasteiger partial charge on any atom is 0.416 e. The van der Waals surface area contributed by atoms with Crippen molar-refractivity contribution < 1.29 is 22.4 Å². The first-order valence-corrected chi connectivity index (χ1v) is 7.89. The minimum Gasteiger partial charge on any atom is -0.451 e. The van der Waals surface area contributed by atoms with E-state index in [1.54, 1.807) is 37.2 Å². The Labute approximate surface area is 152 Å². The Bertz CT molecular complexity index is 1070. The van der Waals surface area contributed by atoms with Crippen molar-refractivity contribution >= 4 is 28.3 Å². The van der Waals surface area contributed by atoms with E-state index >= 15 is 0 Å².